The van der Waals surface area contributed by atoms with Crippen LogP contribution in [0.5, 0.6) is 0 Å². The predicted molar refractivity (Wildman–Crippen MR) is 61.4 cm³/mol. The van der Waals surface area contributed by atoms with Crippen molar-refractivity contribution in [3.63, 3.8) is 0 Å². The lowest BCUT2D eigenvalue weighted by Crippen LogP contribution is -2.11. The molecular weight excluding hydrogens is 227 g/mol. The topological polar surface area (TPSA) is 37.8 Å². The van der Waals surface area contributed by atoms with Crippen LogP contribution < -0.4 is 5.56 Å². The molecule has 0 aliphatic heterocycles. The van der Waals surface area contributed by atoms with E-state index in [9.17, 15) is 9.18 Å². The fraction of sp³-hybridized carbons (Fsp3) is 0.0909. The summed E-state index contributed by atoms with van der Waals surface area (Å²) in [6.45, 7) is 0.510. The highest BCUT2D eigenvalue weighted by atomic mass is 32.1. The first-order valence-corrected chi connectivity index (χ1v) is 5.10. The van der Waals surface area contributed by atoms with E-state index >= 15 is 0 Å². The van der Waals surface area contributed by atoms with Crippen molar-refractivity contribution in [2.45, 2.75) is 6.54 Å². The molecule has 1 heterocycles. The molecular formula is C11H9FN2OS. The molecule has 82 valence electrons. The maximum absolute atomic E-state index is 12.7. The Morgan fingerprint density at radius 2 is 1.94 bits per heavy atom. The summed E-state index contributed by atoms with van der Waals surface area (Å²) in [5.74, 6) is -0.270. The maximum Gasteiger partial charge on any atom is 0.251 e. The molecule has 3 nitrogen and oxygen atoms in total. The molecule has 0 atom stereocenters. The minimum absolute atomic E-state index is 0.222. The molecule has 5 heteroatoms. The van der Waals surface area contributed by atoms with Crippen molar-refractivity contribution >= 4 is 12.2 Å². The second-order valence-electron chi connectivity index (χ2n) is 3.36. The van der Waals surface area contributed by atoms with Crippen molar-refractivity contribution in [3.05, 3.63) is 63.0 Å². The third-order valence-corrected chi connectivity index (χ3v) is 2.50. The van der Waals surface area contributed by atoms with Crippen LogP contribution in [0.3, 0.4) is 0 Å². The summed E-state index contributed by atoms with van der Waals surface area (Å²) in [6.07, 6.45) is 1.62. The molecule has 0 amide bonds. The fourth-order valence-corrected chi connectivity index (χ4v) is 1.58. The average molecular weight is 236 g/mol. The summed E-state index contributed by atoms with van der Waals surface area (Å²) in [7, 11) is 0. The Morgan fingerprint density at radius 1 is 1.25 bits per heavy atom. The van der Waals surface area contributed by atoms with Gasteiger partial charge in [0.1, 0.15) is 5.82 Å². The van der Waals surface area contributed by atoms with Gasteiger partial charge < -0.3 is 4.57 Å². The molecule has 0 unspecified atom stereocenters. The van der Waals surface area contributed by atoms with E-state index in [1.165, 1.54) is 18.2 Å². The van der Waals surface area contributed by atoms with Crippen LogP contribution in [0.25, 0.3) is 0 Å². The summed E-state index contributed by atoms with van der Waals surface area (Å²) < 4.78 is 14.8. The van der Waals surface area contributed by atoms with Gasteiger partial charge in [0.2, 0.25) is 0 Å². The lowest BCUT2D eigenvalue weighted by atomic mass is 10.2. The van der Waals surface area contributed by atoms with E-state index < -0.39 is 0 Å². The zero-order valence-corrected chi connectivity index (χ0v) is 9.13. The normalized spacial score (nSPS) is 10.3. The van der Waals surface area contributed by atoms with Crippen molar-refractivity contribution in [1.29, 1.82) is 0 Å². The van der Waals surface area contributed by atoms with Gasteiger partial charge in [0.25, 0.3) is 5.56 Å². The monoisotopic (exact) mass is 236 g/mol. The Morgan fingerprint density at radius 3 is 2.56 bits per heavy atom. The number of aromatic nitrogens is 2. The van der Waals surface area contributed by atoms with Crippen LogP contribution in [0.2, 0.25) is 0 Å². The van der Waals surface area contributed by atoms with E-state index in [0.29, 0.717) is 11.3 Å². The van der Waals surface area contributed by atoms with Crippen LogP contribution in [-0.4, -0.2) is 9.55 Å². The van der Waals surface area contributed by atoms with E-state index in [-0.39, 0.29) is 11.4 Å². The number of hydrogen-bond acceptors (Lipinski definition) is 2. The Bertz CT molecular complexity index is 600. The number of nitrogens with zero attached hydrogens (tertiary/aromatic N) is 1. The summed E-state index contributed by atoms with van der Waals surface area (Å²) >= 11 is 5.00. The van der Waals surface area contributed by atoms with Gasteiger partial charge in [0.05, 0.1) is 0 Å². The molecule has 16 heavy (non-hydrogen) atoms. The Kier molecular flexibility index (Phi) is 2.96. The highest BCUT2D eigenvalue weighted by Crippen LogP contribution is 2.04. The maximum atomic E-state index is 12.7. The van der Waals surface area contributed by atoms with E-state index in [4.69, 9.17) is 12.2 Å². The highest BCUT2D eigenvalue weighted by molar-refractivity contribution is 7.71. The van der Waals surface area contributed by atoms with Gasteiger partial charge in [-0.25, -0.2) is 4.39 Å². The second-order valence-corrected chi connectivity index (χ2v) is 3.75. The van der Waals surface area contributed by atoms with Crippen molar-refractivity contribution in [2.24, 2.45) is 0 Å². The van der Waals surface area contributed by atoms with Crippen LogP contribution in [0.15, 0.2) is 41.3 Å². The van der Waals surface area contributed by atoms with Crippen molar-refractivity contribution < 1.29 is 4.39 Å². The summed E-state index contributed by atoms with van der Waals surface area (Å²) in [5.41, 5.74) is 0.699. The Labute approximate surface area is 96.2 Å². The standard InChI is InChI=1S/C11H9FN2OS/c12-9-3-1-8(2-4-9)7-14-6-5-10(15)13-11(14)16/h1-6H,7H2,(H,13,15,16). The van der Waals surface area contributed by atoms with E-state index in [2.05, 4.69) is 4.98 Å². The Balaban J connectivity index is 2.30. The molecule has 2 aromatic rings. The molecule has 2 rings (SSSR count). The van der Waals surface area contributed by atoms with Gasteiger partial charge in [-0.1, -0.05) is 12.1 Å². The molecule has 0 saturated carbocycles. The molecule has 0 aliphatic rings. The third kappa shape index (κ3) is 2.43. The first-order chi connectivity index (χ1) is 7.65. The van der Waals surface area contributed by atoms with Gasteiger partial charge in [0.15, 0.2) is 4.77 Å². The zero-order valence-electron chi connectivity index (χ0n) is 8.31. The SMILES string of the molecule is O=c1ccn(Cc2ccc(F)cc2)c(=S)[nH]1. The molecule has 0 saturated heterocycles. The van der Waals surface area contributed by atoms with Crippen LogP contribution in [0.1, 0.15) is 5.56 Å². The van der Waals surface area contributed by atoms with Crippen molar-refractivity contribution in [1.82, 2.24) is 9.55 Å². The smallest absolute Gasteiger partial charge is 0.251 e. The molecule has 0 bridgehead atoms. The van der Waals surface area contributed by atoms with E-state index in [1.54, 1.807) is 22.9 Å². The summed E-state index contributed by atoms with van der Waals surface area (Å²) in [6, 6.07) is 7.55. The van der Waals surface area contributed by atoms with Gasteiger partial charge in [-0.05, 0) is 29.9 Å². The summed E-state index contributed by atoms with van der Waals surface area (Å²) in [4.78, 5) is 13.5. The van der Waals surface area contributed by atoms with Crippen LogP contribution >= 0.6 is 12.2 Å². The minimum atomic E-state index is -0.270. The van der Waals surface area contributed by atoms with E-state index in [0.717, 1.165) is 5.56 Å². The van der Waals surface area contributed by atoms with E-state index in [1.807, 2.05) is 0 Å². The number of hydrogen-bond donors (Lipinski definition) is 1. The Hall–Kier alpha value is -1.75. The molecule has 0 spiro atoms. The van der Waals surface area contributed by atoms with Crippen molar-refractivity contribution in [3.8, 4) is 0 Å². The number of H-pyrrole nitrogens is 1. The van der Waals surface area contributed by atoms with Crippen LogP contribution in [0, 0.1) is 10.6 Å². The number of nitrogens with one attached hydrogen (secondary N) is 1. The molecule has 1 N–H and O–H groups in total. The number of aromatic amines is 1. The van der Waals surface area contributed by atoms with Gasteiger partial charge in [-0.2, -0.15) is 0 Å². The molecule has 1 aromatic heterocycles. The van der Waals surface area contributed by atoms with Gasteiger partial charge in [0, 0.05) is 18.8 Å². The quantitative estimate of drug-likeness (QED) is 0.811. The highest BCUT2D eigenvalue weighted by Gasteiger charge is 1.96. The number of rotatable bonds is 2. The fourth-order valence-electron chi connectivity index (χ4n) is 1.36. The number of benzene rings is 1. The largest absolute Gasteiger partial charge is 0.321 e. The second kappa shape index (κ2) is 4.40. The van der Waals surface area contributed by atoms with Gasteiger partial charge >= 0.3 is 0 Å². The average Bonchev–Trinajstić information content (AvgIpc) is 2.25. The zero-order chi connectivity index (χ0) is 11.5. The first-order valence-electron chi connectivity index (χ1n) is 4.69. The molecule has 0 radical (unpaired) electrons. The van der Waals surface area contributed by atoms with Crippen molar-refractivity contribution in [2.75, 3.05) is 0 Å². The number of halogens is 1. The first kappa shape index (κ1) is 10.8. The van der Waals surface area contributed by atoms with Gasteiger partial charge in [-0.3, -0.25) is 9.78 Å². The third-order valence-electron chi connectivity index (χ3n) is 2.16. The van der Waals surface area contributed by atoms with Gasteiger partial charge in [-0.15, -0.1) is 0 Å². The minimum Gasteiger partial charge on any atom is -0.321 e. The van der Waals surface area contributed by atoms with Crippen LogP contribution in [0.4, 0.5) is 4.39 Å². The molecule has 1 aromatic carbocycles. The predicted octanol–water partition coefficient (Wildman–Crippen LogP) is 2.09. The molecule has 0 fully saturated rings. The lowest BCUT2D eigenvalue weighted by molar-refractivity contribution is 0.626. The lowest BCUT2D eigenvalue weighted by Gasteiger charge is -2.05. The van der Waals surface area contributed by atoms with Crippen LogP contribution in [-0.2, 0) is 6.54 Å². The summed E-state index contributed by atoms with van der Waals surface area (Å²) in [5, 5.41) is 0. The molecule has 0 aliphatic carbocycles.